The van der Waals surface area contributed by atoms with Crippen LogP contribution in [0.15, 0.2) is 17.3 Å². The van der Waals surface area contributed by atoms with Crippen molar-refractivity contribution in [3.63, 3.8) is 0 Å². The largest absolute Gasteiger partial charge is 0.444 e. The van der Waals surface area contributed by atoms with Crippen LogP contribution in [-0.2, 0) is 9.53 Å². The minimum atomic E-state index is -4.68. The van der Waals surface area contributed by atoms with Crippen molar-refractivity contribution in [2.24, 2.45) is 5.10 Å². The molecule has 0 saturated carbocycles. The number of allylic oxidation sites excluding steroid dienone is 2. The van der Waals surface area contributed by atoms with Gasteiger partial charge in [-0.1, -0.05) is 6.08 Å². The van der Waals surface area contributed by atoms with E-state index in [0.29, 0.717) is 19.4 Å². The Bertz CT molecular complexity index is 536. The summed E-state index contributed by atoms with van der Waals surface area (Å²) in [6.45, 7) is 6.77. The molecule has 6 nitrogen and oxygen atoms in total. The lowest BCUT2D eigenvalue weighted by atomic mass is 10.2. The lowest BCUT2D eigenvalue weighted by molar-refractivity contribution is -0.125. The van der Waals surface area contributed by atoms with Crippen molar-refractivity contribution in [3.05, 3.63) is 12.2 Å². The number of ether oxygens (including phenoxy) is 1. The smallest absolute Gasteiger partial charge is 0.435 e. The number of amides is 2. The average Bonchev–Trinajstić information content (AvgIpc) is 2.89. The molecule has 0 aromatic carbocycles. The number of carbonyl (C=O) groups excluding carboxylic acids is 2. The standard InChI is InChI=1S/C15H22F3N3O3/c1-5-7-11(15(16,17)18)19-20-12(22)10-8-6-9-21(10)13(23)24-14(2,3)4/h5,7,10H,6,8-9H2,1-4H3,(H,20,22)/b7-5-,19-11+/t10-/m0/s1. The van der Waals surface area contributed by atoms with Gasteiger partial charge in [-0.15, -0.1) is 0 Å². The van der Waals surface area contributed by atoms with Crippen molar-refractivity contribution in [1.29, 1.82) is 0 Å². The Balaban J connectivity index is 2.81. The van der Waals surface area contributed by atoms with Crippen molar-refractivity contribution in [1.82, 2.24) is 10.3 Å². The first-order chi connectivity index (χ1) is 11.0. The zero-order chi connectivity index (χ0) is 18.5. The molecule has 9 heteroatoms. The van der Waals surface area contributed by atoms with Gasteiger partial charge in [0, 0.05) is 6.54 Å². The second-order valence-electron chi connectivity index (χ2n) is 6.30. The summed E-state index contributed by atoms with van der Waals surface area (Å²) in [7, 11) is 0. The highest BCUT2D eigenvalue weighted by Crippen LogP contribution is 2.21. The normalized spacial score (nSPS) is 19.7. The van der Waals surface area contributed by atoms with Gasteiger partial charge in [-0.25, -0.2) is 10.2 Å². The number of alkyl halides is 3. The van der Waals surface area contributed by atoms with E-state index >= 15 is 0 Å². The van der Waals surface area contributed by atoms with Crippen molar-refractivity contribution >= 4 is 17.7 Å². The van der Waals surface area contributed by atoms with Crippen LogP contribution >= 0.6 is 0 Å². The highest BCUT2D eigenvalue weighted by molar-refractivity contribution is 6.00. The van der Waals surface area contributed by atoms with Crippen molar-refractivity contribution in [2.75, 3.05) is 6.54 Å². The summed E-state index contributed by atoms with van der Waals surface area (Å²) in [5.74, 6) is -0.774. The van der Waals surface area contributed by atoms with E-state index in [1.54, 1.807) is 20.8 Å². The molecule has 1 saturated heterocycles. The van der Waals surface area contributed by atoms with Crippen LogP contribution in [0.3, 0.4) is 0 Å². The predicted octanol–water partition coefficient (Wildman–Crippen LogP) is 3.00. The van der Waals surface area contributed by atoms with Crippen LogP contribution in [0.25, 0.3) is 0 Å². The zero-order valence-corrected chi connectivity index (χ0v) is 14.1. The lowest BCUT2D eigenvalue weighted by Crippen LogP contribution is -2.46. The molecule has 0 aromatic rings. The van der Waals surface area contributed by atoms with Crippen molar-refractivity contribution in [2.45, 2.75) is 58.4 Å². The maximum absolute atomic E-state index is 12.7. The molecule has 0 spiro atoms. The van der Waals surface area contributed by atoms with Gasteiger partial charge in [0.25, 0.3) is 5.91 Å². The molecule has 1 atom stereocenters. The van der Waals surface area contributed by atoms with Gasteiger partial charge >= 0.3 is 12.3 Å². The lowest BCUT2D eigenvalue weighted by Gasteiger charge is -2.27. The van der Waals surface area contributed by atoms with Crippen LogP contribution in [0.2, 0.25) is 0 Å². The number of nitrogens with zero attached hydrogens (tertiary/aromatic N) is 2. The minimum absolute atomic E-state index is 0.303. The third kappa shape index (κ3) is 5.86. The second kappa shape index (κ2) is 7.67. The molecule has 24 heavy (non-hydrogen) atoms. The number of nitrogens with one attached hydrogen (secondary N) is 1. The maximum Gasteiger partial charge on any atom is 0.435 e. The number of carbonyl (C=O) groups is 2. The fourth-order valence-corrected chi connectivity index (χ4v) is 2.12. The van der Waals surface area contributed by atoms with E-state index in [1.807, 2.05) is 5.43 Å². The van der Waals surface area contributed by atoms with Crippen LogP contribution < -0.4 is 5.43 Å². The number of likely N-dealkylation sites (tertiary alicyclic amines) is 1. The Kier molecular flexibility index (Phi) is 6.39. The summed E-state index contributed by atoms with van der Waals surface area (Å²) in [5, 5.41) is 3.12. The van der Waals surface area contributed by atoms with Gasteiger partial charge in [-0.05, 0) is 46.6 Å². The Hall–Kier alpha value is -2.06. The Morgan fingerprint density at radius 1 is 1.29 bits per heavy atom. The molecular formula is C15H22F3N3O3. The number of hydrogen-bond acceptors (Lipinski definition) is 4. The number of hydrogen-bond donors (Lipinski definition) is 1. The number of hydrazone groups is 1. The maximum atomic E-state index is 12.7. The third-order valence-electron chi connectivity index (χ3n) is 3.08. The second-order valence-corrected chi connectivity index (χ2v) is 6.30. The fourth-order valence-electron chi connectivity index (χ4n) is 2.12. The van der Waals surface area contributed by atoms with Crippen molar-refractivity contribution in [3.8, 4) is 0 Å². The number of halogens is 3. The van der Waals surface area contributed by atoms with Crippen LogP contribution in [0.1, 0.15) is 40.5 Å². The van der Waals surface area contributed by atoms with E-state index in [4.69, 9.17) is 4.74 Å². The van der Waals surface area contributed by atoms with Crippen molar-refractivity contribution < 1.29 is 27.5 Å². The Morgan fingerprint density at radius 3 is 2.42 bits per heavy atom. The molecule has 1 aliphatic rings. The highest BCUT2D eigenvalue weighted by Gasteiger charge is 2.38. The summed E-state index contributed by atoms with van der Waals surface area (Å²) in [5.41, 5.74) is -0.0579. The molecule has 0 aliphatic carbocycles. The molecule has 0 radical (unpaired) electrons. The minimum Gasteiger partial charge on any atom is -0.444 e. The molecule has 0 bridgehead atoms. The quantitative estimate of drug-likeness (QED) is 0.629. The van der Waals surface area contributed by atoms with Gasteiger partial charge in [-0.3, -0.25) is 9.69 Å². The summed E-state index contributed by atoms with van der Waals surface area (Å²) >= 11 is 0. The monoisotopic (exact) mass is 349 g/mol. The van der Waals surface area contributed by atoms with E-state index in [0.717, 1.165) is 6.08 Å². The van der Waals surface area contributed by atoms with Crippen LogP contribution in [-0.4, -0.2) is 47.0 Å². The average molecular weight is 349 g/mol. The molecule has 2 amide bonds. The van der Waals surface area contributed by atoms with Crippen LogP contribution in [0.5, 0.6) is 0 Å². The molecule has 1 N–H and O–H groups in total. The highest BCUT2D eigenvalue weighted by atomic mass is 19.4. The first-order valence-electron chi connectivity index (χ1n) is 7.52. The Labute approximate surface area is 138 Å². The molecule has 136 valence electrons. The zero-order valence-electron chi connectivity index (χ0n) is 14.1. The molecule has 1 rings (SSSR count). The van der Waals surface area contributed by atoms with Gasteiger partial charge in [0.05, 0.1) is 0 Å². The van der Waals surface area contributed by atoms with Gasteiger partial charge in [0.2, 0.25) is 0 Å². The molecular weight excluding hydrogens is 327 g/mol. The summed E-state index contributed by atoms with van der Waals surface area (Å²) in [6.07, 6.45) is -2.54. The van der Waals surface area contributed by atoms with Gasteiger partial charge in [0.1, 0.15) is 11.6 Å². The molecule has 1 aliphatic heterocycles. The summed E-state index contributed by atoms with van der Waals surface area (Å²) in [4.78, 5) is 25.4. The topological polar surface area (TPSA) is 71.0 Å². The van der Waals surface area contributed by atoms with Gasteiger partial charge < -0.3 is 4.74 Å². The molecule has 1 heterocycles. The van der Waals surface area contributed by atoms with E-state index in [2.05, 4.69) is 5.10 Å². The van der Waals surface area contributed by atoms with Crippen LogP contribution in [0.4, 0.5) is 18.0 Å². The van der Waals surface area contributed by atoms with E-state index in [9.17, 15) is 22.8 Å². The van der Waals surface area contributed by atoms with Crippen LogP contribution in [0, 0.1) is 0 Å². The van der Waals surface area contributed by atoms with Gasteiger partial charge in [0.15, 0.2) is 5.71 Å². The van der Waals surface area contributed by atoms with E-state index in [-0.39, 0.29) is 0 Å². The third-order valence-corrected chi connectivity index (χ3v) is 3.08. The first-order valence-corrected chi connectivity index (χ1v) is 7.52. The SMILES string of the molecule is C/C=C\C(=N/NC(=O)[C@@H]1CCCN1C(=O)OC(C)(C)C)C(F)(F)F. The van der Waals surface area contributed by atoms with Gasteiger partial charge in [-0.2, -0.15) is 18.3 Å². The Morgan fingerprint density at radius 2 is 1.92 bits per heavy atom. The fraction of sp³-hybridized carbons (Fsp3) is 0.667. The summed E-state index contributed by atoms with van der Waals surface area (Å²) < 4.78 is 43.3. The van der Waals surface area contributed by atoms with E-state index < -0.39 is 35.5 Å². The first kappa shape index (κ1) is 20.0. The summed E-state index contributed by atoms with van der Waals surface area (Å²) in [6, 6.07) is -0.899. The van der Waals surface area contributed by atoms with E-state index in [1.165, 1.54) is 17.9 Å². The molecule has 0 unspecified atom stereocenters. The molecule has 1 fully saturated rings. The molecule has 0 aromatic heterocycles. The number of rotatable bonds is 3. The predicted molar refractivity (Wildman–Crippen MR) is 82.4 cm³/mol.